The standard InChI is InChI=1S/C21H17ClN8O4/c1-11-15(6-12-2-4-13(22)5-3-12)21(31)34-17-8-14(32-9-18-23-27-28-24-18)7-16(20(11)17)33-10-19-25-29-30-26-19/h2-5,7-8H,6,9-10H2,1H3,(H,23,24,27,28)(H,25,26,29,30). The second-order valence-electron chi connectivity index (χ2n) is 7.32. The molecule has 0 aliphatic heterocycles. The van der Waals surface area contributed by atoms with Crippen LogP contribution in [0.2, 0.25) is 5.02 Å². The molecular weight excluding hydrogens is 464 g/mol. The lowest BCUT2D eigenvalue weighted by molar-refractivity contribution is 0.282. The summed E-state index contributed by atoms with van der Waals surface area (Å²) in [7, 11) is 0. The van der Waals surface area contributed by atoms with Gasteiger partial charge in [-0.25, -0.2) is 4.79 Å². The third-order valence-electron chi connectivity index (χ3n) is 5.11. The van der Waals surface area contributed by atoms with Crippen LogP contribution in [0, 0.1) is 6.92 Å². The fourth-order valence-electron chi connectivity index (χ4n) is 3.47. The Morgan fingerprint density at radius 2 is 1.65 bits per heavy atom. The molecular formula is C21H17ClN8O4. The number of fused-ring (bicyclic) bond motifs is 1. The molecule has 3 aromatic heterocycles. The van der Waals surface area contributed by atoms with Crippen LogP contribution in [0.5, 0.6) is 11.5 Å². The number of H-pyrrole nitrogens is 2. The highest BCUT2D eigenvalue weighted by Gasteiger charge is 2.18. The van der Waals surface area contributed by atoms with Crippen molar-refractivity contribution in [3.05, 3.63) is 80.2 Å². The molecule has 0 saturated carbocycles. The normalized spacial score (nSPS) is 11.1. The van der Waals surface area contributed by atoms with Gasteiger partial charge in [-0.1, -0.05) is 34.2 Å². The Bertz CT molecular complexity index is 1470. The first-order chi connectivity index (χ1) is 16.6. The van der Waals surface area contributed by atoms with E-state index in [9.17, 15) is 4.79 Å². The van der Waals surface area contributed by atoms with E-state index in [4.69, 9.17) is 25.5 Å². The van der Waals surface area contributed by atoms with E-state index in [2.05, 4.69) is 41.2 Å². The summed E-state index contributed by atoms with van der Waals surface area (Å²) in [6, 6.07) is 10.6. The van der Waals surface area contributed by atoms with Crippen LogP contribution < -0.4 is 15.1 Å². The van der Waals surface area contributed by atoms with E-state index in [-0.39, 0.29) is 13.2 Å². The Kier molecular flexibility index (Phi) is 5.87. The number of tetrazole rings is 2. The lowest BCUT2D eigenvalue weighted by Crippen LogP contribution is -2.12. The number of aromatic amines is 2. The number of aryl methyl sites for hydroxylation is 1. The number of rotatable bonds is 8. The largest absolute Gasteiger partial charge is 0.485 e. The van der Waals surface area contributed by atoms with Crippen molar-refractivity contribution < 1.29 is 13.9 Å². The van der Waals surface area contributed by atoms with E-state index in [0.29, 0.717) is 51.1 Å². The van der Waals surface area contributed by atoms with Crippen molar-refractivity contribution in [1.82, 2.24) is 41.2 Å². The van der Waals surface area contributed by atoms with Gasteiger partial charge in [0.25, 0.3) is 0 Å². The van der Waals surface area contributed by atoms with Crippen molar-refractivity contribution in [2.75, 3.05) is 0 Å². The maximum Gasteiger partial charge on any atom is 0.340 e. The van der Waals surface area contributed by atoms with Crippen molar-refractivity contribution in [3.63, 3.8) is 0 Å². The van der Waals surface area contributed by atoms with Gasteiger partial charge < -0.3 is 13.9 Å². The van der Waals surface area contributed by atoms with Crippen molar-refractivity contribution >= 4 is 22.6 Å². The molecule has 0 spiro atoms. The number of halogens is 1. The van der Waals surface area contributed by atoms with Crippen LogP contribution in [0.4, 0.5) is 0 Å². The lowest BCUT2D eigenvalue weighted by Gasteiger charge is -2.14. The third kappa shape index (κ3) is 4.57. The summed E-state index contributed by atoms with van der Waals surface area (Å²) in [5.74, 6) is 1.56. The molecule has 0 aliphatic rings. The molecule has 0 fully saturated rings. The molecule has 5 aromatic rings. The summed E-state index contributed by atoms with van der Waals surface area (Å²) in [5.41, 5.74) is 2.04. The van der Waals surface area contributed by atoms with Crippen molar-refractivity contribution in [3.8, 4) is 11.5 Å². The minimum atomic E-state index is -0.445. The first-order valence-corrected chi connectivity index (χ1v) is 10.5. The molecule has 0 saturated heterocycles. The molecule has 0 bridgehead atoms. The Morgan fingerprint density at radius 3 is 2.29 bits per heavy atom. The number of ether oxygens (including phenoxy) is 2. The SMILES string of the molecule is Cc1c(Cc2ccc(Cl)cc2)c(=O)oc2cc(OCc3nn[nH]n3)cc(OCc3nn[nH]n3)c12. The zero-order chi connectivity index (χ0) is 23.5. The van der Waals surface area contributed by atoms with E-state index in [0.717, 1.165) is 11.1 Å². The number of benzene rings is 2. The molecule has 5 rings (SSSR count). The van der Waals surface area contributed by atoms with Crippen LogP contribution in [0.15, 0.2) is 45.6 Å². The lowest BCUT2D eigenvalue weighted by atomic mass is 9.99. The van der Waals surface area contributed by atoms with Gasteiger partial charge in [-0.3, -0.25) is 0 Å². The maximum atomic E-state index is 12.9. The summed E-state index contributed by atoms with van der Waals surface area (Å²) in [5, 5.41) is 28.6. The van der Waals surface area contributed by atoms with Gasteiger partial charge >= 0.3 is 5.63 Å². The molecule has 0 radical (unpaired) electrons. The van der Waals surface area contributed by atoms with Gasteiger partial charge in [0.05, 0.1) is 5.39 Å². The Balaban J connectivity index is 1.55. The molecule has 34 heavy (non-hydrogen) atoms. The average Bonchev–Trinajstić information content (AvgIpc) is 3.54. The van der Waals surface area contributed by atoms with Gasteiger partial charge in [-0.2, -0.15) is 10.4 Å². The van der Waals surface area contributed by atoms with E-state index in [1.165, 1.54) is 0 Å². The van der Waals surface area contributed by atoms with Gasteiger partial charge in [0.2, 0.25) is 11.6 Å². The number of aromatic nitrogens is 8. The maximum absolute atomic E-state index is 12.9. The first kappa shape index (κ1) is 21.5. The van der Waals surface area contributed by atoms with Gasteiger partial charge in [0.1, 0.15) is 17.1 Å². The molecule has 2 N–H and O–H groups in total. The second-order valence-corrected chi connectivity index (χ2v) is 7.76. The van der Waals surface area contributed by atoms with Crippen LogP contribution >= 0.6 is 11.6 Å². The molecule has 12 nitrogen and oxygen atoms in total. The molecule has 0 atom stereocenters. The first-order valence-electron chi connectivity index (χ1n) is 10.1. The Hall–Kier alpha value is -4.32. The fourth-order valence-corrected chi connectivity index (χ4v) is 3.59. The van der Waals surface area contributed by atoms with Gasteiger partial charge in [-0.05, 0) is 30.2 Å². The Labute approximate surface area is 196 Å². The molecule has 3 heterocycles. The second kappa shape index (κ2) is 9.27. The number of hydrogen-bond acceptors (Lipinski definition) is 10. The van der Waals surface area contributed by atoms with Crippen LogP contribution in [-0.2, 0) is 19.6 Å². The van der Waals surface area contributed by atoms with E-state index in [1.807, 2.05) is 19.1 Å². The predicted molar refractivity (Wildman–Crippen MR) is 118 cm³/mol. The van der Waals surface area contributed by atoms with Crippen LogP contribution in [0.1, 0.15) is 28.3 Å². The summed E-state index contributed by atoms with van der Waals surface area (Å²) < 4.78 is 17.4. The summed E-state index contributed by atoms with van der Waals surface area (Å²) in [4.78, 5) is 12.9. The smallest absolute Gasteiger partial charge is 0.340 e. The highest BCUT2D eigenvalue weighted by atomic mass is 35.5. The number of nitrogens with zero attached hydrogens (tertiary/aromatic N) is 6. The highest BCUT2D eigenvalue weighted by molar-refractivity contribution is 6.30. The van der Waals surface area contributed by atoms with Crippen LogP contribution in [0.25, 0.3) is 11.0 Å². The minimum absolute atomic E-state index is 0.0466. The van der Waals surface area contributed by atoms with Gasteiger partial charge in [0, 0.05) is 29.1 Å². The van der Waals surface area contributed by atoms with E-state index in [1.54, 1.807) is 24.3 Å². The Morgan fingerprint density at radius 1 is 0.971 bits per heavy atom. The van der Waals surface area contributed by atoms with E-state index < -0.39 is 5.63 Å². The molecule has 0 amide bonds. The van der Waals surface area contributed by atoms with Crippen molar-refractivity contribution in [1.29, 1.82) is 0 Å². The minimum Gasteiger partial charge on any atom is -0.485 e. The summed E-state index contributed by atoms with van der Waals surface area (Å²) in [6.45, 7) is 1.96. The quantitative estimate of drug-likeness (QED) is 0.316. The predicted octanol–water partition coefficient (Wildman–Crippen LogP) is 2.53. The van der Waals surface area contributed by atoms with Gasteiger partial charge in [0.15, 0.2) is 13.2 Å². The zero-order valence-corrected chi connectivity index (χ0v) is 18.5. The van der Waals surface area contributed by atoms with E-state index >= 15 is 0 Å². The molecule has 172 valence electrons. The monoisotopic (exact) mass is 480 g/mol. The fraction of sp³-hybridized carbons (Fsp3) is 0.190. The summed E-state index contributed by atoms with van der Waals surface area (Å²) >= 11 is 5.99. The van der Waals surface area contributed by atoms with Gasteiger partial charge in [-0.15, -0.1) is 20.4 Å². The molecule has 13 heteroatoms. The molecule has 0 unspecified atom stereocenters. The molecule has 2 aromatic carbocycles. The zero-order valence-electron chi connectivity index (χ0n) is 17.8. The van der Waals surface area contributed by atoms with Crippen LogP contribution in [-0.4, -0.2) is 41.2 Å². The van der Waals surface area contributed by atoms with Crippen molar-refractivity contribution in [2.24, 2.45) is 0 Å². The molecule has 0 aliphatic carbocycles. The summed E-state index contributed by atoms with van der Waals surface area (Å²) in [6.07, 6.45) is 0.377. The number of nitrogens with one attached hydrogen (secondary N) is 2. The van der Waals surface area contributed by atoms with Crippen molar-refractivity contribution in [2.45, 2.75) is 26.6 Å². The topological polar surface area (TPSA) is 158 Å². The third-order valence-corrected chi connectivity index (χ3v) is 5.37. The number of hydrogen-bond donors (Lipinski definition) is 2. The average molecular weight is 481 g/mol. The highest BCUT2D eigenvalue weighted by Crippen LogP contribution is 2.35. The van der Waals surface area contributed by atoms with Crippen LogP contribution in [0.3, 0.4) is 0 Å².